The summed E-state index contributed by atoms with van der Waals surface area (Å²) in [6, 6.07) is 17.3. The van der Waals surface area contributed by atoms with Crippen molar-refractivity contribution in [3.63, 3.8) is 0 Å². The highest BCUT2D eigenvalue weighted by Gasteiger charge is 2.47. The van der Waals surface area contributed by atoms with Crippen LogP contribution in [0.4, 0.5) is 15.3 Å². The van der Waals surface area contributed by atoms with E-state index < -0.39 is 29.8 Å². The van der Waals surface area contributed by atoms with E-state index in [-0.39, 0.29) is 35.7 Å². The van der Waals surface area contributed by atoms with Crippen LogP contribution in [-0.2, 0) is 29.3 Å². The molecule has 1 spiro atoms. The maximum absolute atomic E-state index is 13.9. The Bertz CT molecular complexity index is 2330. The number of amides is 4. The molecule has 316 valence electrons. The molecule has 15 heteroatoms. The summed E-state index contributed by atoms with van der Waals surface area (Å²) in [4.78, 5) is 68.8. The molecule has 4 atom stereocenters. The van der Waals surface area contributed by atoms with Crippen LogP contribution in [0.3, 0.4) is 0 Å². The van der Waals surface area contributed by atoms with Gasteiger partial charge in [-0.25, -0.2) is 14.6 Å². The van der Waals surface area contributed by atoms with E-state index in [1.807, 2.05) is 43.7 Å². The van der Waals surface area contributed by atoms with E-state index in [9.17, 15) is 19.2 Å². The molecule has 15 nitrogen and oxygen atoms in total. The van der Waals surface area contributed by atoms with Gasteiger partial charge in [0.2, 0.25) is 11.8 Å². The molecule has 4 aliphatic rings. The smallest absolute Gasteiger partial charge is 0.407 e. The number of alkyl carbamates (subject to hydrolysis) is 2. The molecule has 4 amide bonds. The second kappa shape index (κ2) is 16.6. The van der Waals surface area contributed by atoms with E-state index in [0.717, 1.165) is 81.8 Å². The van der Waals surface area contributed by atoms with E-state index in [4.69, 9.17) is 24.2 Å². The number of carbonyl (C=O) groups excluding carboxylic acids is 4. The van der Waals surface area contributed by atoms with Crippen molar-refractivity contribution in [3.8, 4) is 22.4 Å². The Hall–Kier alpha value is -5.96. The number of aromatic amines is 1. The predicted molar refractivity (Wildman–Crippen MR) is 227 cm³/mol. The fraction of sp³-hybridized carbons (Fsp3) is 0.467. The van der Waals surface area contributed by atoms with Crippen LogP contribution in [0.1, 0.15) is 70.8 Å². The zero-order chi connectivity index (χ0) is 42.3. The number of benzene rings is 3. The van der Waals surface area contributed by atoms with Crippen molar-refractivity contribution in [1.29, 1.82) is 0 Å². The minimum atomic E-state index is -0.718. The molecule has 0 bridgehead atoms. The normalized spacial score (nSPS) is 20.3. The predicted octanol–water partition coefficient (Wildman–Crippen LogP) is 6.36. The van der Waals surface area contributed by atoms with Crippen molar-refractivity contribution in [2.75, 3.05) is 45.8 Å². The molecule has 3 aromatic carbocycles. The average Bonchev–Trinajstić information content (AvgIpc) is 4.04. The summed E-state index contributed by atoms with van der Waals surface area (Å²) in [6.07, 6.45) is 3.76. The van der Waals surface area contributed by atoms with E-state index >= 15 is 0 Å². The Balaban J connectivity index is 1.01. The van der Waals surface area contributed by atoms with E-state index in [1.165, 1.54) is 14.2 Å². The molecular formula is C45H54N8O7. The van der Waals surface area contributed by atoms with Crippen LogP contribution in [0.15, 0.2) is 65.8 Å². The fourth-order valence-electron chi connectivity index (χ4n) is 8.99. The number of imidazole rings is 1. The van der Waals surface area contributed by atoms with Gasteiger partial charge in [-0.3, -0.25) is 14.6 Å². The molecule has 0 saturated carbocycles. The molecule has 4 aromatic rings. The van der Waals surface area contributed by atoms with Crippen molar-refractivity contribution in [2.24, 2.45) is 16.8 Å². The lowest BCUT2D eigenvalue weighted by Gasteiger charge is -2.44. The van der Waals surface area contributed by atoms with E-state index in [0.29, 0.717) is 26.3 Å². The first-order chi connectivity index (χ1) is 28.9. The van der Waals surface area contributed by atoms with Crippen molar-refractivity contribution in [1.82, 2.24) is 30.4 Å². The van der Waals surface area contributed by atoms with E-state index in [1.54, 1.807) is 0 Å². The minimum absolute atomic E-state index is 0.113. The van der Waals surface area contributed by atoms with Crippen molar-refractivity contribution >= 4 is 46.3 Å². The first-order valence-electron chi connectivity index (χ1n) is 20.9. The number of methoxy groups -OCH3 is 2. The minimum Gasteiger partial charge on any atom is -0.453 e. The van der Waals surface area contributed by atoms with Crippen molar-refractivity contribution in [3.05, 3.63) is 72.2 Å². The summed E-state index contributed by atoms with van der Waals surface area (Å²) < 4.78 is 15.3. The highest BCUT2D eigenvalue weighted by atomic mass is 16.5. The van der Waals surface area contributed by atoms with Gasteiger partial charge >= 0.3 is 12.2 Å². The van der Waals surface area contributed by atoms with Gasteiger partial charge in [0, 0.05) is 29.9 Å². The Morgan fingerprint density at radius 1 is 0.767 bits per heavy atom. The molecule has 5 heterocycles. The molecule has 0 unspecified atom stereocenters. The van der Waals surface area contributed by atoms with Gasteiger partial charge in [-0.1, -0.05) is 64.1 Å². The number of rotatable bonds is 10. The van der Waals surface area contributed by atoms with Gasteiger partial charge in [-0.15, -0.1) is 0 Å². The number of nitrogens with zero attached hydrogens (tertiary/aromatic N) is 4. The zero-order valence-electron chi connectivity index (χ0n) is 35.0. The number of fused-ring (bicyclic) bond motifs is 3. The number of nitrogens with one attached hydrogen (secondary N) is 4. The Kier molecular flexibility index (Phi) is 11.3. The third kappa shape index (κ3) is 7.66. The summed E-state index contributed by atoms with van der Waals surface area (Å²) in [5.41, 5.74) is 5.43. The van der Waals surface area contributed by atoms with Crippen LogP contribution >= 0.6 is 0 Å². The number of hydrogen-bond donors (Lipinski definition) is 4. The van der Waals surface area contributed by atoms with E-state index in [2.05, 4.69) is 75.5 Å². The van der Waals surface area contributed by atoms with Crippen LogP contribution < -0.4 is 16.0 Å². The highest BCUT2D eigenvalue weighted by molar-refractivity contribution is 6.05. The van der Waals surface area contributed by atoms with Gasteiger partial charge in [-0.2, -0.15) is 0 Å². The molecule has 4 aliphatic heterocycles. The Morgan fingerprint density at radius 2 is 1.32 bits per heavy atom. The molecule has 1 aromatic heterocycles. The number of H-pyrrole nitrogens is 1. The third-order valence-corrected chi connectivity index (χ3v) is 12.4. The average molecular weight is 819 g/mol. The van der Waals surface area contributed by atoms with Gasteiger partial charge in [-0.05, 0) is 77.6 Å². The summed E-state index contributed by atoms with van der Waals surface area (Å²) in [6.45, 7) is 9.71. The van der Waals surface area contributed by atoms with Crippen LogP contribution in [0, 0.1) is 11.8 Å². The summed E-state index contributed by atoms with van der Waals surface area (Å²) in [7, 11) is 2.59. The maximum atomic E-state index is 13.9. The molecule has 3 fully saturated rings. The monoisotopic (exact) mass is 818 g/mol. The number of aliphatic imine (C=N–C) groups is 1. The molecule has 0 radical (unpaired) electrons. The lowest BCUT2D eigenvalue weighted by molar-refractivity contribution is -0.135. The largest absolute Gasteiger partial charge is 0.453 e. The topological polar surface area (TPSA) is 180 Å². The van der Waals surface area contributed by atoms with Crippen LogP contribution in [0.2, 0.25) is 0 Å². The maximum Gasteiger partial charge on any atom is 0.407 e. The summed E-state index contributed by atoms with van der Waals surface area (Å²) in [5, 5.41) is 11.2. The molecule has 60 heavy (non-hydrogen) atoms. The first-order valence-corrected chi connectivity index (χ1v) is 20.9. The molecular weight excluding hydrogens is 765 g/mol. The van der Waals surface area contributed by atoms with Gasteiger partial charge < -0.3 is 44.9 Å². The number of anilines is 1. The van der Waals surface area contributed by atoms with Crippen molar-refractivity contribution in [2.45, 2.75) is 83.1 Å². The summed E-state index contributed by atoms with van der Waals surface area (Å²) in [5.74, 6) is 0.930. The molecule has 4 N–H and O–H groups in total. The highest BCUT2D eigenvalue weighted by Crippen LogP contribution is 2.44. The van der Waals surface area contributed by atoms with Crippen molar-refractivity contribution < 1.29 is 33.4 Å². The number of aromatic nitrogens is 2. The first kappa shape index (κ1) is 40.8. The number of amidine groups is 1. The second-order valence-corrected chi connectivity index (χ2v) is 17.0. The number of hydrogen-bond acceptors (Lipinski definition) is 10. The van der Waals surface area contributed by atoms with Gasteiger partial charge in [0.15, 0.2) is 0 Å². The number of likely N-dealkylation sites (tertiary alicyclic amines) is 2. The molecule has 3 saturated heterocycles. The lowest BCUT2D eigenvalue weighted by atomic mass is 9.84. The quantitative estimate of drug-likeness (QED) is 0.142. The summed E-state index contributed by atoms with van der Waals surface area (Å²) >= 11 is 0. The number of ether oxygens (including phenoxy) is 3. The fourth-order valence-corrected chi connectivity index (χ4v) is 8.99. The van der Waals surface area contributed by atoms with Crippen LogP contribution in [0.25, 0.3) is 33.2 Å². The molecule has 0 aliphatic carbocycles. The van der Waals surface area contributed by atoms with Gasteiger partial charge in [0.05, 0.1) is 51.4 Å². The lowest BCUT2D eigenvalue weighted by Crippen LogP contribution is -2.56. The van der Waals surface area contributed by atoms with Gasteiger partial charge in [0.25, 0.3) is 0 Å². The second-order valence-electron chi connectivity index (χ2n) is 17.0. The van der Waals surface area contributed by atoms with Gasteiger partial charge in [0.1, 0.15) is 29.3 Å². The zero-order valence-corrected chi connectivity index (χ0v) is 35.0. The Labute approximate surface area is 349 Å². The van der Waals surface area contributed by atoms with Crippen LogP contribution in [0.5, 0.6) is 0 Å². The number of carbonyl (C=O) groups is 4. The standard InChI is InChI=1S/C45H54N8O7/c1-25(2)37(49-43(56)58-5)41(54)52-17-7-9-35(52)39-46-22-34(48-39)31-14-13-27-19-28(11-12-29(27)20-31)30-15-16-32-33(21-30)47-40(51-45(32)23-60-24-45)36-10-8-18-53(36)42(55)38(26(3)4)50-44(57)59-6/h11-16,19-22,25-26,35-38H,7-10,17-18,23-24H2,1-6H3,(H,46,48)(H,47,51)(H,49,56)(H,50,57)/t35-,36-,37-,38-/m0/s1. The Morgan fingerprint density at radius 3 is 1.90 bits per heavy atom. The molecule has 8 rings (SSSR count). The third-order valence-electron chi connectivity index (χ3n) is 12.4. The SMILES string of the molecule is COC(=O)N[C@H](C(=O)N1CCC[C@H]1C1=NC2(COC2)c2ccc(-c3ccc4cc(-c5cnc([C@@H]6CCCN6C(=O)[C@@H](NC(=O)OC)C(C)C)[nH]5)ccc4c3)cc2N1)C(C)C. The van der Waals surface area contributed by atoms with Crippen LogP contribution in [-0.4, -0.2) is 108 Å².